The van der Waals surface area contributed by atoms with Crippen LogP contribution in [-0.4, -0.2) is 23.0 Å². The zero-order valence-electron chi connectivity index (χ0n) is 11.7. The highest BCUT2D eigenvalue weighted by Gasteiger charge is 2.02. The van der Waals surface area contributed by atoms with Crippen molar-refractivity contribution < 1.29 is 9.72 Å². The Hall–Kier alpha value is -2.11. The largest absolute Gasteiger partial charge is 0.336 e. The minimum Gasteiger partial charge on any atom is -0.336 e. The minimum absolute atomic E-state index is 0.0926. The predicted molar refractivity (Wildman–Crippen MR) is 75.0 cm³/mol. The number of nitro benzene ring substituents is 1. The van der Waals surface area contributed by atoms with E-state index in [0.29, 0.717) is 0 Å². The third-order valence-corrected chi connectivity index (χ3v) is 1.81. The van der Waals surface area contributed by atoms with Gasteiger partial charge in [-0.3, -0.25) is 10.1 Å². The van der Waals surface area contributed by atoms with Gasteiger partial charge in [0.25, 0.3) is 5.69 Å². The van der Waals surface area contributed by atoms with Gasteiger partial charge in [-0.2, -0.15) is 0 Å². The second-order valence-electron chi connectivity index (χ2n) is 4.52. The van der Waals surface area contributed by atoms with E-state index in [1.54, 1.807) is 18.2 Å². The maximum absolute atomic E-state index is 10.8. The molecule has 0 spiro atoms. The molecule has 0 aromatic heterocycles. The van der Waals surface area contributed by atoms with E-state index in [1.807, 2.05) is 27.7 Å². The summed E-state index contributed by atoms with van der Waals surface area (Å²) in [5.74, 6) is 0. The molecule has 1 aromatic rings. The monoisotopic (exact) mass is 267 g/mol. The van der Waals surface area contributed by atoms with Crippen molar-refractivity contribution in [1.29, 1.82) is 0 Å². The lowest BCUT2D eigenvalue weighted by molar-refractivity contribution is -0.384. The van der Waals surface area contributed by atoms with Crippen LogP contribution in [0.3, 0.4) is 0 Å². The van der Waals surface area contributed by atoms with Gasteiger partial charge >= 0.3 is 6.03 Å². The summed E-state index contributed by atoms with van der Waals surface area (Å²) < 4.78 is 0. The Kier molecular flexibility index (Phi) is 7.92. The molecule has 0 fully saturated rings. The molecule has 0 aliphatic heterocycles. The van der Waals surface area contributed by atoms with Gasteiger partial charge in [-0.05, 0) is 27.7 Å². The van der Waals surface area contributed by atoms with Crippen molar-refractivity contribution >= 4 is 11.7 Å². The maximum Gasteiger partial charge on any atom is 0.315 e. The van der Waals surface area contributed by atoms with Gasteiger partial charge in [0.2, 0.25) is 0 Å². The van der Waals surface area contributed by atoms with E-state index in [9.17, 15) is 14.9 Å². The number of benzene rings is 1. The van der Waals surface area contributed by atoms with Crippen LogP contribution in [0.25, 0.3) is 0 Å². The molecule has 0 aliphatic rings. The lowest BCUT2D eigenvalue weighted by Crippen LogP contribution is -2.42. The number of amides is 2. The molecule has 106 valence electrons. The Morgan fingerprint density at radius 1 is 1.05 bits per heavy atom. The van der Waals surface area contributed by atoms with Crippen molar-refractivity contribution in [3.05, 3.63) is 40.4 Å². The Bertz CT molecular complexity index is 379. The van der Waals surface area contributed by atoms with Gasteiger partial charge in [0.05, 0.1) is 4.92 Å². The number of hydrogen-bond donors (Lipinski definition) is 2. The standard InChI is InChI=1S/C7H16N2O.C6H5NO2/c1-5(2)8-7(10)9-6(3)4;8-7(9)6-4-2-1-3-5-6/h5-6H,1-4H3,(H2,8,9,10);1-5H. The van der Waals surface area contributed by atoms with Gasteiger partial charge in [-0.1, -0.05) is 18.2 Å². The van der Waals surface area contributed by atoms with Crippen LogP contribution in [0.15, 0.2) is 30.3 Å². The molecule has 0 saturated carbocycles. The van der Waals surface area contributed by atoms with Gasteiger partial charge in [0.1, 0.15) is 0 Å². The van der Waals surface area contributed by atoms with E-state index in [0.717, 1.165) is 0 Å². The van der Waals surface area contributed by atoms with E-state index < -0.39 is 4.92 Å². The van der Waals surface area contributed by atoms with Gasteiger partial charge in [0.15, 0.2) is 0 Å². The lowest BCUT2D eigenvalue weighted by atomic mass is 10.3. The molecule has 2 N–H and O–H groups in total. The van der Waals surface area contributed by atoms with Crippen molar-refractivity contribution in [2.24, 2.45) is 0 Å². The molecule has 6 heteroatoms. The summed E-state index contributed by atoms with van der Waals surface area (Å²) in [4.78, 5) is 20.4. The van der Waals surface area contributed by atoms with E-state index in [4.69, 9.17) is 0 Å². The smallest absolute Gasteiger partial charge is 0.315 e. The summed E-state index contributed by atoms with van der Waals surface area (Å²) in [7, 11) is 0. The van der Waals surface area contributed by atoms with Gasteiger partial charge in [-0.25, -0.2) is 4.79 Å². The number of rotatable bonds is 3. The van der Waals surface area contributed by atoms with Crippen LogP contribution in [0.4, 0.5) is 10.5 Å². The summed E-state index contributed by atoms with van der Waals surface area (Å²) in [6, 6.07) is 8.26. The summed E-state index contributed by atoms with van der Waals surface area (Å²) in [5.41, 5.74) is 0.137. The maximum atomic E-state index is 10.8. The van der Waals surface area contributed by atoms with Crippen LogP contribution in [0.1, 0.15) is 27.7 Å². The van der Waals surface area contributed by atoms with Gasteiger partial charge in [-0.15, -0.1) is 0 Å². The topological polar surface area (TPSA) is 84.3 Å². The Morgan fingerprint density at radius 3 is 1.74 bits per heavy atom. The molecule has 0 radical (unpaired) electrons. The number of nitro groups is 1. The third-order valence-electron chi connectivity index (χ3n) is 1.81. The number of non-ortho nitro benzene ring substituents is 1. The molecular formula is C13H21N3O3. The summed E-state index contributed by atoms with van der Waals surface area (Å²) in [6.07, 6.45) is 0. The fourth-order valence-electron chi connectivity index (χ4n) is 1.12. The number of carbonyl (C=O) groups excluding carboxylic acids is 1. The van der Waals surface area contributed by atoms with Crippen LogP contribution in [0.2, 0.25) is 0 Å². The highest BCUT2D eigenvalue weighted by atomic mass is 16.6. The van der Waals surface area contributed by atoms with Crippen LogP contribution in [0, 0.1) is 10.1 Å². The Balaban J connectivity index is 0.000000342. The molecule has 1 rings (SSSR count). The predicted octanol–water partition coefficient (Wildman–Crippen LogP) is 2.70. The van der Waals surface area contributed by atoms with Gasteiger partial charge < -0.3 is 10.6 Å². The van der Waals surface area contributed by atoms with Gasteiger partial charge in [0, 0.05) is 24.2 Å². The average Bonchev–Trinajstić information content (AvgIpc) is 2.28. The highest BCUT2D eigenvalue weighted by molar-refractivity contribution is 5.74. The molecule has 19 heavy (non-hydrogen) atoms. The molecule has 0 atom stereocenters. The first-order valence-corrected chi connectivity index (χ1v) is 6.09. The lowest BCUT2D eigenvalue weighted by Gasteiger charge is -2.11. The van der Waals surface area contributed by atoms with Crippen LogP contribution >= 0.6 is 0 Å². The normalized spacial score (nSPS) is 9.58. The molecule has 0 heterocycles. The number of nitrogens with one attached hydrogen (secondary N) is 2. The van der Waals surface area contributed by atoms with Crippen LogP contribution < -0.4 is 10.6 Å². The van der Waals surface area contributed by atoms with E-state index in [1.165, 1.54) is 12.1 Å². The summed E-state index contributed by atoms with van der Waals surface area (Å²) >= 11 is 0. The SMILES string of the molecule is CC(C)NC(=O)NC(C)C.O=[N+]([O-])c1ccccc1. The molecule has 0 unspecified atom stereocenters. The summed E-state index contributed by atoms with van der Waals surface area (Å²) in [5, 5.41) is 15.5. The number of nitrogens with zero attached hydrogens (tertiary/aromatic N) is 1. The first-order valence-electron chi connectivity index (χ1n) is 6.09. The fourth-order valence-corrected chi connectivity index (χ4v) is 1.12. The van der Waals surface area contributed by atoms with Crippen molar-refractivity contribution in [1.82, 2.24) is 10.6 Å². The first kappa shape index (κ1) is 16.9. The quantitative estimate of drug-likeness (QED) is 0.652. The number of hydrogen-bond acceptors (Lipinski definition) is 3. The molecule has 0 aliphatic carbocycles. The number of para-hydroxylation sites is 1. The fraction of sp³-hybridized carbons (Fsp3) is 0.462. The Labute approximate surface area is 113 Å². The van der Waals surface area contributed by atoms with Crippen molar-refractivity contribution in [2.75, 3.05) is 0 Å². The second kappa shape index (κ2) is 8.91. The van der Waals surface area contributed by atoms with E-state index in [-0.39, 0.29) is 23.8 Å². The Morgan fingerprint density at radius 2 is 1.47 bits per heavy atom. The van der Waals surface area contributed by atoms with Crippen molar-refractivity contribution in [3.8, 4) is 0 Å². The molecule has 0 saturated heterocycles. The molecular weight excluding hydrogens is 246 g/mol. The minimum atomic E-state index is -0.417. The van der Waals surface area contributed by atoms with Crippen molar-refractivity contribution in [3.63, 3.8) is 0 Å². The number of urea groups is 1. The molecule has 6 nitrogen and oxygen atoms in total. The molecule has 0 bridgehead atoms. The molecule has 2 amide bonds. The zero-order valence-corrected chi connectivity index (χ0v) is 11.7. The second-order valence-corrected chi connectivity index (χ2v) is 4.52. The first-order chi connectivity index (χ1) is 8.82. The summed E-state index contributed by atoms with van der Waals surface area (Å²) in [6.45, 7) is 7.72. The van der Waals surface area contributed by atoms with Crippen LogP contribution in [-0.2, 0) is 0 Å². The molecule has 1 aromatic carbocycles. The third kappa shape index (κ3) is 9.58. The number of carbonyl (C=O) groups is 1. The van der Waals surface area contributed by atoms with Crippen LogP contribution in [0.5, 0.6) is 0 Å². The van der Waals surface area contributed by atoms with E-state index >= 15 is 0 Å². The van der Waals surface area contributed by atoms with E-state index in [2.05, 4.69) is 10.6 Å². The average molecular weight is 267 g/mol. The van der Waals surface area contributed by atoms with Crippen molar-refractivity contribution in [2.45, 2.75) is 39.8 Å². The zero-order chi connectivity index (χ0) is 14.8. The highest BCUT2D eigenvalue weighted by Crippen LogP contribution is 2.06.